The van der Waals surface area contributed by atoms with Crippen LogP contribution in [-0.4, -0.2) is 23.5 Å². The van der Waals surface area contributed by atoms with Gasteiger partial charge in [0.2, 0.25) is 0 Å². The van der Waals surface area contributed by atoms with Crippen molar-refractivity contribution in [3.8, 4) is 0 Å². The molecule has 0 bridgehead atoms. The second-order valence-electron chi connectivity index (χ2n) is 5.75. The molecule has 0 spiro atoms. The summed E-state index contributed by atoms with van der Waals surface area (Å²) in [5.74, 6) is 0. The highest BCUT2D eigenvalue weighted by molar-refractivity contribution is 5.30. The van der Waals surface area contributed by atoms with Gasteiger partial charge in [0.25, 0.3) is 5.56 Å². The van der Waals surface area contributed by atoms with Gasteiger partial charge in [-0.15, -0.1) is 0 Å². The number of hydrogen-bond acceptors (Lipinski definition) is 2. The van der Waals surface area contributed by atoms with Gasteiger partial charge in [0.05, 0.1) is 0 Å². The van der Waals surface area contributed by atoms with Crippen LogP contribution in [0.3, 0.4) is 0 Å². The van der Waals surface area contributed by atoms with E-state index in [4.69, 9.17) is 0 Å². The maximum Gasteiger partial charge on any atom is 0.251 e. The Bertz CT molecular complexity index is 454. The first-order valence-corrected chi connectivity index (χ1v) is 5.82. The number of rotatable bonds is 0. The van der Waals surface area contributed by atoms with E-state index in [9.17, 15) is 4.79 Å². The molecule has 0 atom stereocenters. The van der Waals surface area contributed by atoms with Crippen molar-refractivity contribution < 1.29 is 0 Å². The van der Waals surface area contributed by atoms with Gasteiger partial charge in [-0.3, -0.25) is 4.79 Å². The maximum atomic E-state index is 12.0. The molecule has 2 rings (SSSR count). The lowest BCUT2D eigenvalue weighted by molar-refractivity contribution is 0.309. The molecule has 1 aromatic rings. The van der Waals surface area contributed by atoms with Gasteiger partial charge in [0.15, 0.2) is 0 Å². The molecule has 1 aromatic heterocycles. The summed E-state index contributed by atoms with van der Waals surface area (Å²) in [4.78, 5) is 17.3. The number of fused-ring (bicyclic) bond motifs is 1. The number of aromatic nitrogens is 1. The van der Waals surface area contributed by atoms with Crippen molar-refractivity contribution in [2.75, 3.05) is 13.6 Å². The zero-order chi connectivity index (χ0) is 11.9. The van der Waals surface area contributed by atoms with E-state index >= 15 is 0 Å². The molecule has 88 valence electrons. The first-order chi connectivity index (χ1) is 7.38. The second-order valence-corrected chi connectivity index (χ2v) is 5.75. The molecule has 3 heteroatoms. The van der Waals surface area contributed by atoms with E-state index in [0.29, 0.717) is 0 Å². The zero-order valence-electron chi connectivity index (χ0n) is 10.6. The number of aromatic amines is 1. The van der Waals surface area contributed by atoms with E-state index in [1.165, 1.54) is 5.56 Å². The van der Waals surface area contributed by atoms with Crippen LogP contribution in [0.1, 0.15) is 37.6 Å². The lowest BCUT2D eigenvalue weighted by atomic mass is 9.86. The molecule has 1 N–H and O–H groups in total. The van der Waals surface area contributed by atoms with E-state index in [0.717, 1.165) is 30.8 Å². The molecule has 0 unspecified atom stereocenters. The predicted molar refractivity (Wildman–Crippen MR) is 65.8 cm³/mol. The predicted octanol–water partition coefficient (Wildman–Crippen LogP) is 1.66. The van der Waals surface area contributed by atoms with Crippen LogP contribution in [0.5, 0.6) is 0 Å². The Morgan fingerprint density at radius 1 is 1.38 bits per heavy atom. The van der Waals surface area contributed by atoms with Crippen molar-refractivity contribution in [2.45, 2.75) is 39.2 Å². The molecule has 1 aliphatic rings. The standard InChI is InChI=1S/C13H20N2O/c1-13(2,3)10-7-9-8-15(4)6-5-11(9)14-12(10)16/h7H,5-6,8H2,1-4H3,(H,14,16). The van der Waals surface area contributed by atoms with Crippen molar-refractivity contribution in [2.24, 2.45) is 0 Å². The summed E-state index contributed by atoms with van der Waals surface area (Å²) in [5.41, 5.74) is 3.28. The second kappa shape index (κ2) is 3.74. The van der Waals surface area contributed by atoms with Crippen LogP contribution >= 0.6 is 0 Å². The highest BCUT2D eigenvalue weighted by Crippen LogP contribution is 2.22. The fourth-order valence-electron chi connectivity index (χ4n) is 2.21. The Hall–Kier alpha value is -1.09. The Labute approximate surface area is 96.5 Å². The summed E-state index contributed by atoms with van der Waals surface area (Å²) in [6.45, 7) is 8.20. The Balaban J connectivity index is 2.52. The molecule has 16 heavy (non-hydrogen) atoms. The number of nitrogens with zero attached hydrogens (tertiary/aromatic N) is 1. The Kier molecular flexibility index (Phi) is 2.66. The van der Waals surface area contributed by atoms with E-state index in [-0.39, 0.29) is 11.0 Å². The van der Waals surface area contributed by atoms with Crippen LogP contribution in [0.4, 0.5) is 0 Å². The minimum Gasteiger partial charge on any atom is -0.326 e. The van der Waals surface area contributed by atoms with Crippen molar-refractivity contribution in [1.82, 2.24) is 9.88 Å². The molecule has 1 aliphatic heterocycles. The first-order valence-electron chi connectivity index (χ1n) is 5.82. The number of nitrogens with one attached hydrogen (secondary N) is 1. The Morgan fingerprint density at radius 2 is 2.06 bits per heavy atom. The van der Waals surface area contributed by atoms with E-state index < -0.39 is 0 Å². The molecular weight excluding hydrogens is 200 g/mol. The monoisotopic (exact) mass is 220 g/mol. The fraction of sp³-hybridized carbons (Fsp3) is 0.615. The van der Waals surface area contributed by atoms with Gasteiger partial charge in [-0.1, -0.05) is 20.8 Å². The van der Waals surface area contributed by atoms with Gasteiger partial charge in [-0.2, -0.15) is 0 Å². The first kappa shape index (κ1) is 11.4. The summed E-state index contributed by atoms with van der Waals surface area (Å²) in [7, 11) is 2.12. The smallest absolute Gasteiger partial charge is 0.251 e. The summed E-state index contributed by atoms with van der Waals surface area (Å²) in [6, 6.07) is 2.09. The van der Waals surface area contributed by atoms with E-state index in [1.807, 2.05) is 0 Å². The number of hydrogen-bond donors (Lipinski definition) is 1. The van der Waals surface area contributed by atoms with Gasteiger partial charge < -0.3 is 9.88 Å². The third-order valence-electron chi connectivity index (χ3n) is 3.21. The van der Waals surface area contributed by atoms with Crippen LogP contribution in [0, 0.1) is 0 Å². The molecule has 0 aromatic carbocycles. The van der Waals surface area contributed by atoms with Crippen molar-refractivity contribution >= 4 is 0 Å². The maximum absolute atomic E-state index is 12.0. The summed E-state index contributed by atoms with van der Waals surface area (Å²) < 4.78 is 0. The fourth-order valence-corrected chi connectivity index (χ4v) is 2.21. The van der Waals surface area contributed by atoms with Crippen LogP contribution in [0.2, 0.25) is 0 Å². The number of H-pyrrole nitrogens is 1. The molecule has 0 fully saturated rings. The van der Waals surface area contributed by atoms with Gasteiger partial charge >= 0.3 is 0 Å². The van der Waals surface area contributed by atoms with Crippen molar-refractivity contribution in [3.63, 3.8) is 0 Å². The van der Waals surface area contributed by atoms with Gasteiger partial charge in [0, 0.05) is 30.8 Å². The molecule has 0 radical (unpaired) electrons. The van der Waals surface area contributed by atoms with E-state index in [1.54, 1.807) is 0 Å². The summed E-state index contributed by atoms with van der Waals surface area (Å²) in [6.07, 6.45) is 0.950. The van der Waals surface area contributed by atoms with Gasteiger partial charge in [0.1, 0.15) is 0 Å². The minimum absolute atomic E-state index is 0.0794. The highest BCUT2D eigenvalue weighted by atomic mass is 16.1. The summed E-state index contributed by atoms with van der Waals surface area (Å²) in [5, 5.41) is 0. The lowest BCUT2D eigenvalue weighted by Gasteiger charge is -2.27. The molecule has 0 saturated heterocycles. The molecule has 2 heterocycles. The zero-order valence-corrected chi connectivity index (χ0v) is 10.6. The number of pyridine rings is 1. The van der Waals surface area contributed by atoms with Crippen LogP contribution in [-0.2, 0) is 18.4 Å². The third-order valence-corrected chi connectivity index (χ3v) is 3.21. The number of likely N-dealkylation sites (N-methyl/N-ethyl adjacent to an activating group) is 1. The van der Waals surface area contributed by atoms with Crippen molar-refractivity contribution in [3.05, 3.63) is 33.2 Å². The average molecular weight is 220 g/mol. The molecule has 0 aliphatic carbocycles. The molecule has 0 amide bonds. The van der Waals surface area contributed by atoms with Crippen molar-refractivity contribution in [1.29, 1.82) is 0 Å². The minimum atomic E-state index is -0.0847. The SMILES string of the molecule is CN1CCc2[nH]c(=O)c(C(C)(C)C)cc2C1. The van der Waals surface area contributed by atoms with E-state index in [2.05, 4.69) is 43.8 Å². The largest absolute Gasteiger partial charge is 0.326 e. The normalized spacial score (nSPS) is 17.2. The van der Waals surface area contributed by atoms with Crippen LogP contribution < -0.4 is 5.56 Å². The highest BCUT2D eigenvalue weighted by Gasteiger charge is 2.22. The van der Waals surface area contributed by atoms with Crippen LogP contribution in [0.25, 0.3) is 0 Å². The average Bonchev–Trinajstić information content (AvgIpc) is 2.16. The summed E-state index contributed by atoms with van der Waals surface area (Å²) >= 11 is 0. The Morgan fingerprint density at radius 3 is 2.69 bits per heavy atom. The van der Waals surface area contributed by atoms with Gasteiger partial charge in [-0.25, -0.2) is 0 Å². The third kappa shape index (κ3) is 2.05. The quantitative estimate of drug-likeness (QED) is 0.722. The molecule has 3 nitrogen and oxygen atoms in total. The van der Waals surface area contributed by atoms with Crippen LogP contribution in [0.15, 0.2) is 10.9 Å². The topological polar surface area (TPSA) is 36.1 Å². The lowest BCUT2D eigenvalue weighted by Crippen LogP contribution is -2.32. The molecular formula is C13H20N2O. The van der Waals surface area contributed by atoms with Gasteiger partial charge in [-0.05, 0) is 24.1 Å². The molecule has 0 saturated carbocycles.